The van der Waals surface area contributed by atoms with E-state index < -0.39 is 5.97 Å². The minimum Gasteiger partial charge on any atom is -0.478 e. The van der Waals surface area contributed by atoms with Crippen LogP contribution in [0, 0.1) is 13.8 Å². The van der Waals surface area contributed by atoms with Gasteiger partial charge in [-0.3, -0.25) is 0 Å². The Kier molecular flexibility index (Phi) is 4.80. The van der Waals surface area contributed by atoms with Crippen LogP contribution in [0.5, 0.6) is 0 Å². The van der Waals surface area contributed by atoms with Crippen molar-refractivity contribution < 1.29 is 9.90 Å². The summed E-state index contributed by atoms with van der Waals surface area (Å²) >= 11 is 7.56. The second-order valence-electron chi connectivity index (χ2n) is 4.97. The number of benzene rings is 2. The zero-order valence-electron chi connectivity index (χ0n) is 11.8. The highest BCUT2D eigenvalue weighted by Gasteiger charge is 2.15. The van der Waals surface area contributed by atoms with Crippen LogP contribution < -0.4 is 5.73 Å². The van der Waals surface area contributed by atoms with Gasteiger partial charge in [0.15, 0.2) is 0 Å². The van der Waals surface area contributed by atoms with Crippen LogP contribution in [0.4, 0.5) is 5.69 Å². The molecule has 2 aromatic carbocycles. The van der Waals surface area contributed by atoms with Crippen molar-refractivity contribution in [3.63, 3.8) is 0 Å². The molecule has 0 saturated carbocycles. The first-order chi connectivity index (χ1) is 9.86. The molecular weight excluding hydrogens is 306 g/mol. The van der Waals surface area contributed by atoms with Crippen molar-refractivity contribution in [1.29, 1.82) is 0 Å². The molecule has 0 atom stereocenters. The molecule has 0 aromatic heterocycles. The van der Waals surface area contributed by atoms with Gasteiger partial charge in [-0.2, -0.15) is 0 Å². The number of nitrogen functional groups attached to an aromatic ring is 1. The molecule has 0 aliphatic heterocycles. The molecule has 0 aliphatic carbocycles. The molecule has 21 heavy (non-hydrogen) atoms. The van der Waals surface area contributed by atoms with E-state index >= 15 is 0 Å². The summed E-state index contributed by atoms with van der Waals surface area (Å²) in [5, 5.41) is 9.65. The zero-order valence-corrected chi connectivity index (χ0v) is 13.4. The highest BCUT2D eigenvalue weighted by Crippen LogP contribution is 2.35. The molecule has 0 heterocycles. The van der Waals surface area contributed by atoms with Gasteiger partial charge in [0.25, 0.3) is 0 Å². The molecule has 5 heteroatoms. The highest BCUT2D eigenvalue weighted by molar-refractivity contribution is 7.98. The lowest BCUT2D eigenvalue weighted by Crippen LogP contribution is -2.01. The Morgan fingerprint density at radius 2 is 1.81 bits per heavy atom. The van der Waals surface area contributed by atoms with E-state index in [2.05, 4.69) is 18.2 Å². The Morgan fingerprint density at radius 3 is 2.38 bits per heavy atom. The van der Waals surface area contributed by atoms with E-state index in [0.717, 1.165) is 5.56 Å². The standard InChI is InChI=1S/C16H16ClNO2S/c1-9-3-10(2)5-11(4-9)8-21-15-13(16(19)20)6-12(18)7-14(15)17/h3-7H,8,18H2,1-2H3,(H,19,20). The number of hydrogen-bond donors (Lipinski definition) is 2. The molecule has 0 radical (unpaired) electrons. The Morgan fingerprint density at radius 1 is 1.19 bits per heavy atom. The maximum absolute atomic E-state index is 11.3. The first-order valence-electron chi connectivity index (χ1n) is 6.39. The van der Waals surface area contributed by atoms with Crippen LogP contribution in [0.15, 0.2) is 35.2 Å². The van der Waals surface area contributed by atoms with Gasteiger partial charge in [0.1, 0.15) is 0 Å². The molecule has 3 N–H and O–H groups in total. The molecule has 0 fully saturated rings. The third kappa shape index (κ3) is 3.93. The van der Waals surface area contributed by atoms with Gasteiger partial charge in [-0.15, -0.1) is 11.8 Å². The van der Waals surface area contributed by atoms with Crippen LogP contribution in [-0.4, -0.2) is 11.1 Å². The molecule has 0 aliphatic rings. The Labute approximate surface area is 133 Å². The minimum atomic E-state index is -1.02. The normalized spacial score (nSPS) is 10.6. The van der Waals surface area contributed by atoms with Crippen LogP contribution in [0.25, 0.3) is 0 Å². The summed E-state index contributed by atoms with van der Waals surface area (Å²) in [6.45, 7) is 4.08. The fourth-order valence-electron chi connectivity index (χ4n) is 2.23. The average molecular weight is 322 g/mol. The lowest BCUT2D eigenvalue weighted by atomic mass is 10.1. The Hall–Kier alpha value is -1.65. The van der Waals surface area contributed by atoms with E-state index in [9.17, 15) is 9.90 Å². The summed E-state index contributed by atoms with van der Waals surface area (Å²) in [7, 11) is 0. The second kappa shape index (κ2) is 6.41. The Balaban J connectivity index is 2.29. The van der Waals surface area contributed by atoms with Crippen LogP contribution in [0.2, 0.25) is 5.02 Å². The molecular formula is C16H16ClNO2S. The largest absolute Gasteiger partial charge is 0.478 e. The van der Waals surface area contributed by atoms with Gasteiger partial charge in [-0.25, -0.2) is 4.79 Å². The van der Waals surface area contributed by atoms with Crippen molar-refractivity contribution in [3.05, 3.63) is 57.6 Å². The number of aromatic carboxylic acids is 1. The topological polar surface area (TPSA) is 63.3 Å². The summed E-state index contributed by atoms with van der Waals surface area (Å²) in [6, 6.07) is 9.31. The third-order valence-corrected chi connectivity index (χ3v) is 4.58. The lowest BCUT2D eigenvalue weighted by molar-refractivity contribution is 0.0693. The maximum atomic E-state index is 11.3. The summed E-state index contributed by atoms with van der Waals surface area (Å²) in [5.74, 6) is -0.362. The summed E-state index contributed by atoms with van der Waals surface area (Å²) < 4.78 is 0. The summed E-state index contributed by atoms with van der Waals surface area (Å²) in [6.07, 6.45) is 0. The van der Waals surface area contributed by atoms with Gasteiger partial charge in [-0.05, 0) is 31.5 Å². The SMILES string of the molecule is Cc1cc(C)cc(CSc2c(Cl)cc(N)cc2C(=O)O)c1. The molecule has 0 unspecified atom stereocenters. The van der Waals surface area contributed by atoms with Crippen LogP contribution in [0.1, 0.15) is 27.0 Å². The molecule has 3 nitrogen and oxygen atoms in total. The molecule has 110 valence electrons. The van der Waals surface area contributed by atoms with Crippen molar-refractivity contribution in [3.8, 4) is 0 Å². The minimum absolute atomic E-state index is 0.148. The Bertz CT molecular complexity index is 681. The van der Waals surface area contributed by atoms with Gasteiger partial charge >= 0.3 is 5.97 Å². The number of nitrogens with two attached hydrogens (primary N) is 1. The third-order valence-electron chi connectivity index (χ3n) is 2.96. The smallest absolute Gasteiger partial charge is 0.336 e. The number of rotatable bonds is 4. The predicted molar refractivity (Wildman–Crippen MR) is 88.3 cm³/mol. The molecule has 0 saturated heterocycles. The maximum Gasteiger partial charge on any atom is 0.336 e. The van der Waals surface area contributed by atoms with Crippen molar-refractivity contribution in [2.24, 2.45) is 0 Å². The fraction of sp³-hybridized carbons (Fsp3) is 0.188. The van der Waals surface area contributed by atoms with Crippen molar-refractivity contribution >= 4 is 35.0 Å². The quantitative estimate of drug-likeness (QED) is 0.641. The number of hydrogen-bond acceptors (Lipinski definition) is 3. The van der Waals surface area contributed by atoms with Gasteiger partial charge in [-0.1, -0.05) is 40.9 Å². The van der Waals surface area contributed by atoms with E-state index in [-0.39, 0.29) is 5.56 Å². The first kappa shape index (κ1) is 15.7. The molecule has 2 rings (SSSR count). The molecule has 0 bridgehead atoms. The second-order valence-corrected chi connectivity index (χ2v) is 6.36. The number of anilines is 1. The van der Waals surface area contributed by atoms with Gasteiger partial charge in [0.2, 0.25) is 0 Å². The van der Waals surface area contributed by atoms with Gasteiger partial charge in [0.05, 0.1) is 10.6 Å². The monoisotopic (exact) mass is 321 g/mol. The number of halogens is 1. The highest BCUT2D eigenvalue weighted by atomic mass is 35.5. The lowest BCUT2D eigenvalue weighted by Gasteiger charge is -2.10. The van der Waals surface area contributed by atoms with Crippen molar-refractivity contribution in [1.82, 2.24) is 0 Å². The van der Waals surface area contributed by atoms with E-state index in [1.165, 1.54) is 29.0 Å². The predicted octanol–water partition coefficient (Wildman–Crippen LogP) is 4.53. The number of carboxylic acids is 1. The molecule has 2 aromatic rings. The van der Waals surface area contributed by atoms with E-state index in [1.807, 2.05) is 13.8 Å². The van der Waals surface area contributed by atoms with Crippen molar-refractivity contribution in [2.75, 3.05) is 5.73 Å². The first-order valence-corrected chi connectivity index (χ1v) is 7.75. The van der Waals surface area contributed by atoms with E-state index in [4.69, 9.17) is 17.3 Å². The number of thioether (sulfide) groups is 1. The molecule has 0 amide bonds. The fourth-order valence-corrected chi connectivity index (χ4v) is 3.60. The zero-order chi connectivity index (χ0) is 15.6. The van der Waals surface area contributed by atoms with Crippen LogP contribution in [0.3, 0.4) is 0 Å². The van der Waals surface area contributed by atoms with Gasteiger partial charge in [0, 0.05) is 16.3 Å². The van der Waals surface area contributed by atoms with Gasteiger partial charge < -0.3 is 10.8 Å². The number of carboxylic acid groups (broad SMARTS) is 1. The van der Waals surface area contributed by atoms with Crippen LogP contribution >= 0.6 is 23.4 Å². The number of carbonyl (C=O) groups is 1. The van der Waals surface area contributed by atoms with E-state index in [1.54, 1.807) is 6.07 Å². The van der Waals surface area contributed by atoms with Crippen LogP contribution in [-0.2, 0) is 5.75 Å². The van der Waals surface area contributed by atoms with Crippen molar-refractivity contribution in [2.45, 2.75) is 24.5 Å². The number of aryl methyl sites for hydroxylation is 2. The van der Waals surface area contributed by atoms with E-state index in [0.29, 0.717) is 21.4 Å². The summed E-state index contributed by atoms with van der Waals surface area (Å²) in [4.78, 5) is 11.9. The summed E-state index contributed by atoms with van der Waals surface area (Å²) in [5.41, 5.74) is 9.67. The average Bonchev–Trinajstić information content (AvgIpc) is 2.35. The molecule has 0 spiro atoms.